The van der Waals surface area contributed by atoms with Crippen LogP contribution in [-0.2, 0) is 7.05 Å². The number of aryl methyl sites for hydroxylation is 1. The molecule has 1 atom stereocenters. The summed E-state index contributed by atoms with van der Waals surface area (Å²) in [6, 6.07) is 3.38. The molecule has 1 aromatic carbocycles. The highest BCUT2D eigenvalue weighted by atomic mass is 19.4. The van der Waals surface area contributed by atoms with Crippen LogP contribution in [0.2, 0.25) is 0 Å². The Kier molecular flexibility index (Phi) is 2.50. The minimum Gasteiger partial charge on any atom is -0.408 e. The van der Waals surface area contributed by atoms with Gasteiger partial charge in [-0.3, -0.25) is 4.57 Å². The van der Waals surface area contributed by atoms with Crippen LogP contribution in [0.25, 0.3) is 11.1 Å². The van der Waals surface area contributed by atoms with Gasteiger partial charge in [0.05, 0.1) is 5.52 Å². The smallest absolute Gasteiger partial charge is 0.408 e. The first-order valence-corrected chi connectivity index (χ1v) is 4.65. The van der Waals surface area contributed by atoms with Gasteiger partial charge in [0.25, 0.3) is 0 Å². The lowest BCUT2D eigenvalue weighted by Crippen LogP contribution is -2.20. The van der Waals surface area contributed by atoms with E-state index in [9.17, 15) is 18.0 Å². The van der Waals surface area contributed by atoms with Gasteiger partial charge in [0.15, 0.2) is 11.7 Å². The van der Waals surface area contributed by atoms with Gasteiger partial charge in [0, 0.05) is 7.05 Å². The summed E-state index contributed by atoms with van der Waals surface area (Å²) < 4.78 is 42.7. The second kappa shape index (κ2) is 3.63. The predicted octanol–water partition coefficient (Wildman–Crippen LogP) is 1.73. The van der Waals surface area contributed by atoms with Crippen LogP contribution >= 0.6 is 0 Å². The van der Waals surface area contributed by atoms with Crippen molar-refractivity contribution in [2.75, 3.05) is 0 Å². The first kappa shape index (κ1) is 11.7. The van der Waals surface area contributed by atoms with Crippen LogP contribution < -0.4 is 5.76 Å². The molecule has 0 radical (unpaired) electrons. The van der Waals surface area contributed by atoms with Crippen molar-refractivity contribution in [2.24, 2.45) is 7.05 Å². The lowest BCUT2D eigenvalue weighted by atomic mass is 10.1. The topological polar surface area (TPSA) is 55.4 Å². The van der Waals surface area contributed by atoms with Crippen molar-refractivity contribution in [1.29, 1.82) is 0 Å². The van der Waals surface area contributed by atoms with Gasteiger partial charge in [-0.05, 0) is 17.7 Å². The van der Waals surface area contributed by atoms with Crippen LogP contribution in [0.4, 0.5) is 13.2 Å². The minimum atomic E-state index is -4.74. The molecule has 17 heavy (non-hydrogen) atoms. The van der Waals surface area contributed by atoms with Crippen molar-refractivity contribution >= 4 is 11.1 Å². The summed E-state index contributed by atoms with van der Waals surface area (Å²) in [5.74, 6) is -0.668. The fourth-order valence-corrected chi connectivity index (χ4v) is 1.50. The number of hydrogen-bond donors (Lipinski definition) is 1. The largest absolute Gasteiger partial charge is 0.419 e. The molecule has 4 nitrogen and oxygen atoms in total. The fraction of sp³-hybridized carbons (Fsp3) is 0.300. The second-order valence-electron chi connectivity index (χ2n) is 3.60. The van der Waals surface area contributed by atoms with Gasteiger partial charge in [0.1, 0.15) is 0 Å². The van der Waals surface area contributed by atoms with Gasteiger partial charge in [-0.25, -0.2) is 4.79 Å². The number of oxazole rings is 1. The number of nitrogens with zero attached hydrogens (tertiary/aromatic N) is 1. The van der Waals surface area contributed by atoms with Crippen LogP contribution in [0.15, 0.2) is 27.4 Å². The molecule has 1 N–H and O–H groups in total. The average Bonchev–Trinajstić information content (AvgIpc) is 2.52. The van der Waals surface area contributed by atoms with E-state index in [0.717, 1.165) is 16.7 Å². The van der Waals surface area contributed by atoms with Crippen LogP contribution in [0, 0.1) is 0 Å². The molecule has 0 aliphatic heterocycles. The van der Waals surface area contributed by atoms with Crippen LogP contribution in [0.5, 0.6) is 0 Å². The number of aromatic nitrogens is 1. The Balaban J connectivity index is 2.58. The van der Waals surface area contributed by atoms with Gasteiger partial charge in [0.2, 0.25) is 0 Å². The fourth-order valence-electron chi connectivity index (χ4n) is 1.50. The number of hydrogen-bond acceptors (Lipinski definition) is 3. The zero-order valence-electron chi connectivity index (χ0n) is 8.65. The van der Waals surface area contributed by atoms with Crippen molar-refractivity contribution in [2.45, 2.75) is 12.3 Å². The SMILES string of the molecule is Cn1c(=O)oc2ccc([C@@H](O)C(F)(F)F)cc21. The Labute approximate surface area is 92.9 Å². The zero-order valence-corrected chi connectivity index (χ0v) is 8.65. The molecule has 2 rings (SSSR count). The van der Waals surface area contributed by atoms with Crippen molar-refractivity contribution in [3.8, 4) is 0 Å². The molecular formula is C10H8F3NO3. The molecule has 2 aromatic rings. The number of halogens is 3. The molecule has 1 aromatic heterocycles. The Bertz CT molecular complexity index is 611. The van der Waals surface area contributed by atoms with Crippen LogP contribution in [0.3, 0.4) is 0 Å². The molecular weight excluding hydrogens is 239 g/mol. The standard InChI is InChI=1S/C10H8F3NO3/c1-14-6-4-5(8(15)10(11,12)13)2-3-7(6)17-9(14)16/h2-4,8,15H,1H3/t8-/m1/s1. The Morgan fingerprint density at radius 3 is 2.65 bits per heavy atom. The van der Waals surface area contributed by atoms with Crippen LogP contribution in [0.1, 0.15) is 11.7 Å². The summed E-state index contributed by atoms with van der Waals surface area (Å²) in [5, 5.41) is 9.07. The number of rotatable bonds is 1. The van der Waals surface area contributed by atoms with E-state index in [1.165, 1.54) is 13.1 Å². The first-order chi connectivity index (χ1) is 7.80. The molecule has 0 bridgehead atoms. The monoisotopic (exact) mass is 247 g/mol. The highest BCUT2D eigenvalue weighted by Crippen LogP contribution is 2.33. The summed E-state index contributed by atoms with van der Waals surface area (Å²) in [6.07, 6.45) is -7.31. The van der Waals surface area contributed by atoms with Gasteiger partial charge in [-0.1, -0.05) is 6.07 Å². The lowest BCUT2D eigenvalue weighted by molar-refractivity contribution is -0.206. The van der Waals surface area contributed by atoms with Gasteiger partial charge in [-0.2, -0.15) is 13.2 Å². The van der Waals surface area contributed by atoms with E-state index in [1.54, 1.807) is 0 Å². The van der Waals surface area contributed by atoms with Crippen LogP contribution in [-0.4, -0.2) is 15.8 Å². The molecule has 0 saturated heterocycles. The Morgan fingerprint density at radius 2 is 2.06 bits per heavy atom. The zero-order chi connectivity index (χ0) is 12.8. The first-order valence-electron chi connectivity index (χ1n) is 4.65. The van der Waals surface area contributed by atoms with Gasteiger partial charge < -0.3 is 9.52 Å². The number of aliphatic hydroxyl groups is 1. The normalized spacial score (nSPS) is 14.2. The van der Waals surface area contributed by atoms with E-state index in [1.807, 2.05) is 0 Å². The van der Waals surface area contributed by atoms with Crippen molar-refractivity contribution in [3.63, 3.8) is 0 Å². The Morgan fingerprint density at radius 1 is 1.41 bits per heavy atom. The number of benzene rings is 1. The predicted molar refractivity (Wildman–Crippen MR) is 52.5 cm³/mol. The summed E-state index contributed by atoms with van der Waals surface area (Å²) in [6.45, 7) is 0. The molecule has 0 fully saturated rings. The third-order valence-electron chi connectivity index (χ3n) is 2.44. The van der Waals surface area contributed by atoms with Gasteiger partial charge in [-0.15, -0.1) is 0 Å². The Hall–Kier alpha value is -1.76. The minimum absolute atomic E-state index is 0.177. The molecule has 0 spiro atoms. The molecule has 1 heterocycles. The number of alkyl halides is 3. The maximum Gasteiger partial charge on any atom is 0.419 e. The maximum atomic E-state index is 12.3. The summed E-state index contributed by atoms with van der Waals surface area (Å²) in [4.78, 5) is 11.1. The van der Waals surface area contributed by atoms with Crippen molar-refractivity contribution in [1.82, 2.24) is 4.57 Å². The van der Waals surface area contributed by atoms with E-state index in [0.29, 0.717) is 0 Å². The quantitative estimate of drug-likeness (QED) is 0.834. The summed E-state index contributed by atoms with van der Waals surface area (Å²) in [7, 11) is 1.37. The van der Waals surface area contributed by atoms with E-state index in [-0.39, 0.29) is 16.7 Å². The lowest BCUT2D eigenvalue weighted by Gasteiger charge is -2.14. The molecule has 0 aliphatic rings. The number of fused-ring (bicyclic) bond motifs is 1. The third-order valence-corrected chi connectivity index (χ3v) is 2.44. The van der Waals surface area contributed by atoms with Crippen molar-refractivity contribution in [3.05, 3.63) is 34.3 Å². The molecule has 0 amide bonds. The summed E-state index contributed by atoms with van der Waals surface area (Å²) >= 11 is 0. The van der Waals surface area contributed by atoms with Gasteiger partial charge >= 0.3 is 11.9 Å². The van der Waals surface area contributed by atoms with E-state index in [2.05, 4.69) is 0 Å². The average molecular weight is 247 g/mol. The second-order valence-corrected chi connectivity index (χ2v) is 3.60. The number of aliphatic hydroxyl groups excluding tert-OH is 1. The molecule has 0 saturated carbocycles. The molecule has 0 unspecified atom stereocenters. The van der Waals surface area contributed by atoms with E-state index >= 15 is 0 Å². The highest BCUT2D eigenvalue weighted by molar-refractivity contribution is 5.73. The molecule has 0 aliphatic carbocycles. The van der Waals surface area contributed by atoms with Crippen molar-refractivity contribution < 1.29 is 22.7 Å². The molecule has 7 heteroatoms. The third kappa shape index (κ3) is 1.93. The van der Waals surface area contributed by atoms with E-state index in [4.69, 9.17) is 9.52 Å². The summed E-state index contributed by atoms with van der Waals surface area (Å²) in [5.41, 5.74) is 0.0489. The van der Waals surface area contributed by atoms with E-state index < -0.39 is 18.0 Å². The highest BCUT2D eigenvalue weighted by Gasteiger charge is 2.39. The maximum absolute atomic E-state index is 12.3. The molecule has 92 valence electrons.